The van der Waals surface area contributed by atoms with Crippen LogP contribution in [0.4, 0.5) is 15.5 Å². The van der Waals surface area contributed by atoms with E-state index in [1.165, 1.54) is 11.2 Å². The number of carbonyl (C=O) groups is 1. The first kappa shape index (κ1) is 16.1. The van der Waals surface area contributed by atoms with E-state index in [2.05, 4.69) is 9.97 Å². The predicted molar refractivity (Wildman–Crippen MR) is 80.4 cm³/mol. The molecule has 1 aromatic rings. The van der Waals surface area contributed by atoms with Gasteiger partial charge in [-0.05, 0) is 0 Å². The molecule has 2 aliphatic rings. The van der Waals surface area contributed by atoms with Gasteiger partial charge in [0.2, 0.25) is 5.91 Å². The molecule has 2 fully saturated rings. The Kier molecular flexibility index (Phi) is 4.44. The largest absolute Gasteiger partial charge is 0.378 e. The lowest BCUT2D eigenvalue weighted by Crippen LogP contribution is -2.37. The summed E-state index contributed by atoms with van der Waals surface area (Å²) in [6.45, 7) is 2.76. The van der Waals surface area contributed by atoms with Crippen LogP contribution in [0.1, 0.15) is 6.42 Å². The molecule has 3 heterocycles. The molecule has 23 heavy (non-hydrogen) atoms. The summed E-state index contributed by atoms with van der Waals surface area (Å²) in [7, 11) is -4.60. The Hall–Kier alpha value is -1.81. The number of halogens is 1. The number of hydrogen-bond donors (Lipinski definition) is 0. The normalized spacial score (nSPS) is 22.7. The van der Waals surface area contributed by atoms with Crippen molar-refractivity contribution in [3.05, 3.63) is 12.4 Å². The van der Waals surface area contributed by atoms with E-state index < -0.39 is 21.9 Å². The minimum absolute atomic E-state index is 0.0000402. The third kappa shape index (κ3) is 3.94. The second-order valence-corrected chi connectivity index (χ2v) is 7.02. The number of amides is 1. The molecule has 1 aromatic heterocycles. The molecule has 10 heteroatoms. The van der Waals surface area contributed by atoms with Crippen LogP contribution in [0.2, 0.25) is 0 Å². The van der Waals surface area contributed by atoms with Crippen molar-refractivity contribution in [1.29, 1.82) is 0 Å². The Morgan fingerprint density at radius 3 is 2.65 bits per heavy atom. The molecule has 0 N–H and O–H groups in total. The van der Waals surface area contributed by atoms with Gasteiger partial charge in [0.05, 0.1) is 19.0 Å². The van der Waals surface area contributed by atoms with Gasteiger partial charge in [0, 0.05) is 38.0 Å². The van der Waals surface area contributed by atoms with Gasteiger partial charge in [0.1, 0.15) is 18.0 Å². The molecule has 0 aromatic carbocycles. The van der Waals surface area contributed by atoms with Crippen LogP contribution in [0, 0.1) is 5.92 Å². The number of morpholine rings is 1. The summed E-state index contributed by atoms with van der Waals surface area (Å²) in [4.78, 5) is 23.8. The Bertz CT molecular complexity index is 693. The van der Waals surface area contributed by atoms with E-state index in [1.54, 1.807) is 6.07 Å². The average Bonchev–Trinajstić information content (AvgIpc) is 2.87. The molecule has 0 saturated carbocycles. The molecular formula is C13H17FN4O4S. The predicted octanol–water partition coefficient (Wildman–Crippen LogP) is -0.0346. The van der Waals surface area contributed by atoms with Crippen LogP contribution in [-0.4, -0.2) is 62.9 Å². The van der Waals surface area contributed by atoms with E-state index in [-0.39, 0.29) is 18.9 Å². The maximum atomic E-state index is 12.8. The highest BCUT2D eigenvalue weighted by molar-refractivity contribution is 7.86. The Morgan fingerprint density at radius 1 is 1.26 bits per heavy atom. The van der Waals surface area contributed by atoms with Crippen molar-refractivity contribution in [3.63, 3.8) is 0 Å². The van der Waals surface area contributed by atoms with Crippen LogP contribution >= 0.6 is 0 Å². The number of anilines is 2. The number of aromatic nitrogens is 2. The molecule has 0 radical (unpaired) electrons. The van der Waals surface area contributed by atoms with Gasteiger partial charge in [-0.15, -0.1) is 3.89 Å². The lowest BCUT2D eigenvalue weighted by atomic mass is 10.1. The fraction of sp³-hybridized carbons (Fsp3) is 0.615. The summed E-state index contributed by atoms with van der Waals surface area (Å²) < 4.78 is 39.6. The first-order chi connectivity index (χ1) is 10.9. The third-order valence-corrected chi connectivity index (χ3v) is 4.76. The number of ether oxygens (including phenoxy) is 1. The molecule has 1 atom stereocenters. The molecule has 1 unspecified atom stereocenters. The second kappa shape index (κ2) is 6.36. The smallest absolute Gasteiger partial charge is 0.302 e. The van der Waals surface area contributed by atoms with Crippen LogP contribution in [-0.2, 0) is 19.8 Å². The van der Waals surface area contributed by atoms with E-state index in [1.807, 2.05) is 4.90 Å². The van der Waals surface area contributed by atoms with Crippen LogP contribution < -0.4 is 9.80 Å². The maximum Gasteiger partial charge on any atom is 0.302 e. The Labute approximate surface area is 133 Å². The fourth-order valence-corrected chi connectivity index (χ4v) is 3.63. The summed E-state index contributed by atoms with van der Waals surface area (Å²) in [6.07, 6.45) is 1.37. The van der Waals surface area contributed by atoms with Crippen molar-refractivity contribution in [2.75, 3.05) is 48.4 Å². The highest BCUT2D eigenvalue weighted by Gasteiger charge is 2.34. The van der Waals surface area contributed by atoms with Gasteiger partial charge in [-0.2, -0.15) is 8.42 Å². The molecular weight excluding hydrogens is 327 g/mol. The summed E-state index contributed by atoms with van der Waals surface area (Å²) in [5.41, 5.74) is 0. The first-order valence-electron chi connectivity index (χ1n) is 7.30. The van der Waals surface area contributed by atoms with Gasteiger partial charge in [0.25, 0.3) is 0 Å². The standard InChI is InChI=1S/C13H17FN4O4S/c14-23(20,21)8-10-5-13(19)18(7-10)12-6-11(15-9-16-12)17-1-3-22-4-2-17/h6,9-10H,1-5,7-8H2. The molecule has 0 bridgehead atoms. The van der Waals surface area contributed by atoms with Gasteiger partial charge in [0.15, 0.2) is 0 Å². The lowest BCUT2D eigenvalue weighted by molar-refractivity contribution is -0.117. The zero-order valence-electron chi connectivity index (χ0n) is 12.4. The zero-order chi connectivity index (χ0) is 16.4. The molecule has 126 valence electrons. The van der Waals surface area contributed by atoms with Gasteiger partial charge >= 0.3 is 10.2 Å². The Morgan fingerprint density at radius 2 is 1.96 bits per heavy atom. The topological polar surface area (TPSA) is 92.7 Å². The molecule has 2 aliphatic heterocycles. The zero-order valence-corrected chi connectivity index (χ0v) is 13.2. The van der Waals surface area contributed by atoms with Crippen molar-refractivity contribution < 1.29 is 21.8 Å². The third-order valence-electron chi connectivity index (χ3n) is 3.89. The van der Waals surface area contributed by atoms with Crippen molar-refractivity contribution >= 4 is 27.8 Å². The van der Waals surface area contributed by atoms with Gasteiger partial charge < -0.3 is 9.64 Å². The van der Waals surface area contributed by atoms with Crippen LogP contribution in [0.5, 0.6) is 0 Å². The van der Waals surface area contributed by atoms with Gasteiger partial charge in [-0.1, -0.05) is 0 Å². The number of nitrogens with zero attached hydrogens (tertiary/aromatic N) is 4. The molecule has 0 spiro atoms. The maximum absolute atomic E-state index is 12.8. The highest BCUT2D eigenvalue weighted by atomic mass is 32.3. The molecule has 2 saturated heterocycles. The second-order valence-electron chi connectivity index (χ2n) is 5.61. The fourth-order valence-electron chi connectivity index (χ4n) is 2.85. The van der Waals surface area contributed by atoms with Crippen molar-refractivity contribution in [3.8, 4) is 0 Å². The van der Waals surface area contributed by atoms with Gasteiger partial charge in [-0.25, -0.2) is 9.97 Å². The number of hydrogen-bond acceptors (Lipinski definition) is 7. The van der Waals surface area contributed by atoms with Crippen molar-refractivity contribution in [2.45, 2.75) is 6.42 Å². The van der Waals surface area contributed by atoms with E-state index in [9.17, 15) is 17.1 Å². The molecule has 0 aliphatic carbocycles. The Balaban J connectivity index is 1.75. The SMILES string of the molecule is O=C1CC(CS(=O)(=O)F)CN1c1cc(N2CCOCC2)ncn1. The lowest BCUT2D eigenvalue weighted by Gasteiger charge is -2.28. The van der Waals surface area contributed by atoms with Gasteiger partial charge in [-0.3, -0.25) is 9.69 Å². The summed E-state index contributed by atoms with van der Waals surface area (Å²) >= 11 is 0. The van der Waals surface area contributed by atoms with Crippen LogP contribution in [0.25, 0.3) is 0 Å². The minimum Gasteiger partial charge on any atom is -0.378 e. The minimum atomic E-state index is -4.60. The average molecular weight is 344 g/mol. The van der Waals surface area contributed by atoms with E-state index >= 15 is 0 Å². The molecule has 3 rings (SSSR count). The van der Waals surface area contributed by atoms with Crippen LogP contribution in [0.15, 0.2) is 12.4 Å². The quantitative estimate of drug-likeness (QED) is 0.708. The van der Waals surface area contributed by atoms with E-state index in [4.69, 9.17) is 4.74 Å². The molecule has 1 amide bonds. The number of carbonyl (C=O) groups excluding carboxylic acids is 1. The first-order valence-corrected chi connectivity index (χ1v) is 8.85. The highest BCUT2D eigenvalue weighted by Crippen LogP contribution is 2.26. The summed E-state index contributed by atoms with van der Waals surface area (Å²) in [5.74, 6) is -0.362. The van der Waals surface area contributed by atoms with Crippen molar-refractivity contribution in [2.24, 2.45) is 5.92 Å². The summed E-state index contributed by atoms with van der Waals surface area (Å²) in [5, 5.41) is 0. The number of rotatable bonds is 4. The van der Waals surface area contributed by atoms with Crippen molar-refractivity contribution in [1.82, 2.24) is 9.97 Å². The monoisotopic (exact) mass is 344 g/mol. The van der Waals surface area contributed by atoms with E-state index in [0.29, 0.717) is 37.9 Å². The molecule has 8 nitrogen and oxygen atoms in total. The van der Waals surface area contributed by atoms with E-state index in [0.717, 1.165) is 0 Å². The summed E-state index contributed by atoms with van der Waals surface area (Å²) in [6, 6.07) is 1.69. The van der Waals surface area contributed by atoms with Crippen LogP contribution in [0.3, 0.4) is 0 Å².